The maximum atomic E-state index is 10.8. The maximum Gasteiger partial charge on any atom is 0.255 e. The van der Waals surface area contributed by atoms with Gasteiger partial charge in [0.05, 0.1) is 0 Å². The smallest absolute Gasteiger partial charge is 0.255 e. The Balaban J connectivity index is 0.00000363. The first-order chi connectivity index (χ1) is 15.1. The number of halogens is 1. The Morgan fingerprint density at radius 3 is 2.56 bits per heavy atom. The van der Waals surface area contributed by atoms with Gasteiger partial charge in [0.2, 0.25) is 0 Å². The van der Waals surface area contributed by atoms with Crippen molar-refractivity contribution in [1.29, 1.82) is 0 Å². The van der Waals surface area contributed by atoms with Crippen LogP contribution in [0.3, 0.4) is 0 Å². The molecule has 1 fully saturated rings. The van der Waals surface area contributed by atoms with E-state index in [1.165, 1.54) is 24.0 Å². The predicted molar refractivity (Wildman–Crippen MR) is 139 cm³/mol. The minimum atomic E-state index is -0.479. The standard InChI is InChI=1S/C24H33N5O2.HI/c1-26-24(27-14-13-19-9-11-22(12-10-19)31-18-23(25)30)28-16-21-8-5-15-29(21)17-20-6-3-2-4-7-20;/h2-4,6-7,9-12,21H,5,8,13-18H2,1H3,(H2,25,30)(H2,26,27,28);1H. The third-order valence-corrected chi connectivity index (χ3v) is 5.47. The summed E-state index contributed by atoms with van der Waals surface area (Å²) in [7, 11) is 1.80. The van der Waals surface area contributed by atoms with Gasteiger partial charge in [0.25, 0.3) is 5.91 Å². The van der Waals surface area contributed by atoms with Gasteiger partial charge in [0.1, 0.15) is 5.75 Å². The molecule has 2 aromatic rings. The van der Waals surface area contributed by atoms with Crippen molar-refractivity contribution in [3.8, 4) is 5.75 Å². The van der Waals surface area contributed by atoms with Crippen molar-refractivity contribution in [2.75, 3.05) is 33.3 Å². The van der Waals surface area contributed by atoms with Gasteiger partial charge in [-0.3, -0.25) is 14.7 Å². The van der Waals surface area contributed by atoms with Crippen LogP contribution in [0, 0.1) is 0 Å². The second-order valence-corrected chi connectivity index (χ2v) is 7.78. The molecular weight excluding hydrogens is 517 g/mol. The molecule has 7 nitrogen and oxygen atoms in total. The number of carbonyl (C=O) groups is 1. The molecule has 1 amide bonds. The number of amides is 1. The Kier molecular flexibility index (Phi) is 11.3. The molecular formula is C24H34IN5O2. The zero-order valence-corrected chi connectivity index (χ0v) is 21.0. The zero-order valence-electron chi connectivity index (χ0n) is 18.6. The molecule has 1 aliphatic rings. The molecule has 2 aromatic carbocycles. The van der Waals surface area contributed by atoms with Crippen molar-refractivity contribution in [1.82, 2.24) is 15.5 Å². The van der Waals surface area contributed by atoms with Gasteiger partial charge < -0.3 is 21.1 Å². The van der Waals surface area contributed by atoms with Crippen LogP contribution in [0.4, 0.5) is 0 Å². The van der Waals surface area contributed by atoms with Crippen LogP contribution in [0.5, 0.6) is 5.75 Å². The summed E-state index contributed by atoms with van der Waals surface area (Å²) in [5, 5.41) is 6.87. The first kappa shape index (κ1) is 25.9. The lowest BCUT2D eigenvalue weighted by Gasteiger charge is -2.25. The Hall–Kier alpha value is -2.33. The van der Waals surface area contributed by atoms with E-state index in [0.29, 0.717) is 11.8 Å². The van der Waals surface area contributed by atoms with E-state index in [-0.39, 0.29) is 30.6 Å². The number of nitrogens with one attached hydrogen (secondary N) is 2. The lowest BCUT2D eigenvalue weighted by atomic mass is 10.1. The van der Waals surface area contributed by atoms with Gasteiger partial charge in [0.15, 0.2) is 12.6 Å². The first-order valence-electron chi connectivity index (χ1n) is 10.9. The number of likely N-dealkylation sites (tertiary alicyclic amines) is 1. The average Bonchev–Trinajstić information content (AvgIpc) is 3.23. The van der Waals surface area contributed by atoms with E-state index >= 15 is 0 Å². The topological polar surface area (TPSA) is 92.0 Å². The zero-order chi connectivity index (χ0) is 21.9. The molecule has 0 spiro atoms. The van der Waals surface area contributed by atoms with Crippen LogP contribution in [0.1, 0.15) is 24.0 Å². The molecule has 0 aromatic heterocycles. The highest BCUT2D eigenvalue weighted by Gasteiger charge is 2.24. The minimum absolute atomic E-state index is 0. The highest BCUT2D eigenvalue weighted by molar-refractivity contribution is 14.0. The largest absolute Gasteiger partial charge is 0.484 e. The molecule has 174 valence electrons. The Labute approximate surface area is 207 Å². The summed E-state index contributed by atoms with van der Waals surface area (Å²) in [5.74, 6) is 0.991. The molecule has 1 unspecified atom stereocenters. The molecule has 1 heterocycles. The van der Waals surface area contributed by atoms with Crippen LogP contribution >= 0.6 is 24.0 Å². The number of nitrogens with two attached hydrogens (primary N) is 1. The van der Waals surface area contributed by atoms with Crippen molar-refractivity contribution < 1.29 is 9.53 Å². The maximum absolute atomic E-state index is 10.8. The van der Waals surface area contributed by atoms with Crippen LogP contribution < -0.4 is 21.1 Å². The molecule has 1 aliphatic heterocycles. The molecule has 4 N–H and O–H groups in total. The lowest BCUT2D eigenvalue weighted by molar-refractivity contribution is -0.119. The van der Waals surface area contributed by atoms with E-state index < -0.39 is 5.91 Å². The molecule has 0 radical (unpaired) electrons. The molecule has 8 heteroatoms. The number of hydrogen-bond donors (Lipinski definition) is 3. The SMILES string of the molecule is CN=C(NCCc1ccc(OCC(N)=O)cc1)NCC1CCCN1Cc1ccccc1.I. The highest BCUT2D eigenvalue weighted by Crippen LogP contribution is 2.19. The normalized spacial score (nSPS) is 16.3. The van der Waals surface area contributed by atoms with Gasteiger partial charge in [-0.05, 0) is 49.1 Å². The van der Waals surface area contributed by atoms with E-state index in [4.69, 9.17) is 10.5 Å². The third kappa shape index (κ3) is 8.66. The molecule has 0 bridgehead atoms. The molecule has 1 atom stereocenters. The van der Waals surface area contributed by atoms with Crippen molar-refractivity contribution in [2.24, 2.45) is 10.7 Å². The van der Waals surface area contributed by atoms with Gasteiger partial charge in [-0.2, -0.15) is 0 Å². The third-order valence-electron chi connectivity index (χ3n) is 5.47. The van der Waals surface area contributed by atoms with E-state index in [1.807, 2.05) is 24.3 Å². The van der Waals surface area contributed by atoms with E-state index in [2.05, 4.69) is 50.9 Å². The van der Waals surface area contributed by atoms with E-state index in [0.717, 1.165) is 38.6 Å². The van der Waals surface area contributed by atoms with Crippen molar-refractivity contribution >= 4 is 35.8 Å². The van der Waals surface area contributed by atoms with Crippen LogP contribution in [-0.4, -0.2) is 56.1 Å². The molecule has 0 aliphatic carbocycles. The fourth-order valence-corrected chi connectivity index (χ4v) is 3.82. The first-order valence-corrected chi connectivity index (χ1v) is 10.9. The number of aliphatic imine (C=N–C) groups is 1. The molecule has 0 saturated carbocycles. The van der Waals surface area contributed by atoms with Crippen molar-refractivity contribution in [3.05, 3.63) is 65.7 Å². The second kappa shape index (κ2) is 13.9. The van der Waals surface area contributed by atoms with Crippen LogP contribution in [0.2, 0.25) is 0 Å². The van der Waals surface area contributed by atoms with Gasteiger partial charge in [-0.15, -0.1) is 24.0 Å². The molecule has 3 rings (SSSR count). The van der Waals surface area contributed by atoms with Crippen LogP contribution in [0.25, 0.3) is 0 Å². The fraction of sp³-hybridized carbons (Fsp3) is 0.417. The summed E-state index contributed by atoms with van der Waals surface area (Å²) in [6.07, 6.45) is 3.31. The predicted octanol–water partition coefficient (Wildman–Crippen LogP) is 2.54. The number of guanidine groups is 1. The molecule has 32 heavy (non-hydrogen) atoms. The van der Waals surface area contributed by atoms with E-state index in [1.54, 1.807) is 7.05 Å². The van der Waals surface area contributed by atoms with Crippen LogP contribution in [0.15, 0.2) is 59.6 Å². The summed E-state index contributed by atoms with van der Waals surface area (Å²) < 4.78 is 5.29. The van der Waals surface area contributed by atoms with Crippen molar-refractivity contribution in [3.63, 3.8) is 0 Å². The summed E-state index contributed by atoms with van der Waals surface area (Å²) in [6, 6.07) is 18.9. The number of carbonyl (C=O) groups excluding carboxylic acids is 1. The monoisotopic (exact) mass is 551 g/mol. The summed E-state index contributed by atoms with van der Waals surface area (Å²) >= 11 is 0. The van der Waals surface area contributed by atoms with Crippen LogP contribution in [-0.2, 0) is 17.8 Å². The van der Waals surface area contributed by atoms with Gasteiger partial charge in [-0.25, -0.2) is 0 Å². The second-order valence-electron chi connectivity index (χ2n) is 7.78. The summed E-state index contributed by atoms with van der Waals surface area (Å²) in [4.78, 5) is 17.7. The summed E-state index contributed by atoms with van der Waals surface area (Å²) in [5.41, 5.74) is 7.64. The lowest BCUT2D eigenvalue weighted by Crippen LogP contribution is -2.45. The Morgan fingerprint density at radius 1 is 1.12 bits per heavy atom. The number of primary amides is 1. The highest BCUT2D eigenvalue weighted by atomic mass is 127. The Bertz CT molecular complexity index is 845. The number of benzene rings is 2. The van der Waals surface area contributed by atoms with E-state index in [9.17, 15) is 4.79 Å². The van der Waals surface area contributed by atoms with Gasteiger partial charge in [-0.1, -0.05) is 42.5 Å². The fourth-order valence-electron chi connectivity index (χ4n) is 3.82. The average molecular weight is 551 g/mol. The quantitative estimate of drug-likeness (QED) is 0.240. The summed E-state index contributed by atoms with van der Waals surface area (Å²) in [6.45, 7) is 3.70. The Morgan fingerprint density at radius 2 is 1.88 bits per heavy atom. The molecule has 1 saturated heterocycles. The number of ether oxygens (including phenoxy) is 1. The number of rotatable bonds is 10. The van der Waals surface area contributed by atoms with Crippen molar-refractivity contribution in [2.45, 2.75) is 31.8 Å². The van der Waals surface area contributed by atoms with Gasteiger partial charge in [0, 0.05) is 32.7 Å². The van der Waals surface area contributed by atoms with Gasteiger partial charge >= 0.3 is 0 Å². The number of nitrogens with zero attached hydrogens (tertiary/aromatic N) is 2. The minimum Gasteiger partial charge on any atom is -0.484 e. The number of hydrogen-bond acceptors (Lipinski definition) is 4.